The van der Waals surface area contributed by atoms with Gasteiger partial charge >= 0.3 is 0 Å². The number of anilines is 1. The van der Waals surface area contributed by atoms with Crippen molar-refractivity contribution >= 4 is 21.6 Å². The predicted molar refractivity (Wildman–Crippen MR) is 102 cm³/mol. The number of carbonyl (C=O) groups is 1. The van der Waals surface area contributed by atoms with Crippen molar-refractivity contribution in [2.75, 3.05) is 12.4 Å². The van der Waals surface area contributed by atoms with Gasteiger partial charge in [-0.2, -0.15) is 4.72 Å². The quantitative estimate of drug-likeness (QED) is 0.812. The Bertz CT molecular complexity index is 923. The molecule has 1 atom stereocenters. The highest BCUT2D eigenvalue weighted by molar-refractivity contribution is 7.89. The molecule has 7 heteroatoms. The number of ether oxygens (including phenoxy) is 1. The number of amides is 1. The van der Waals surface area contributed by atoms with Crippen molar-refractivity contribution < 1.29 is 17.9 Å². The summed E-state index contributed by atoms with van der Waals surface area (Å²) in [6.45, 7) is 7.13. The molecule has 0 fully saturated rings. The Morgan fingerprint density at radius 3 is 2.27 bits per heavy atom. The molecule has 0 bridgehead atoms. The number of methoxy groups -OCH3 is 1. The van der Waals surface area contributed by atoms with E-state index >= 15 is 0 Å². The van der Waals surface area contributed by atoms with Crippen LogP contribution in [0.5, 0.6) is 5.75 Å². The van der Waals surface area contributed by atoms with Gasteiger partial charge in [-0.1, -0.05) is 23.8 Å². The van der Waals surface area contributed by atoms with Crippen molar-refractivity contribution in [3.63, 3.8) is 0 Å². The highest BCUT2D eigenvalue weighted by Gasteiger charge is 2.25. The van der Waals surface area contributed by atoms with Gasteiger partial charge in [0.15, 0.2) is 0 Å². The van der Waals surface area contributed by atoms with Crippen LogP contribution in [-0.4, -0.2) is 27.5 Å². The fraction of sp³-hybridized carbons (Fsp3) is 0.316. The van der Waals surface area contributed by atoms with Gasteiger partial charge in [0, 0.05) is 5.69 Å². The third-order valence-corrected chi connectivity index (χ3v) is 5.54. The highest BCUT2D eigenvalue weighted by Crippen LogP contribution is 2.25. The summed E-state index contributed by atoms with van der Waals surface area (Å²) in [5.41, 5.74) is 3.42. The van der Waals surface area contributed by atoms with E-state index in [0.717, 1.165) is 16.7 Å². The van der Waals surface area contributed by atoms with E-state index in [1.807, 2.05) is 26.0 Å². The van der Waals surface area contributed by atoms with E-state index in [1.165, 1.54) is 20.1 Å². The van der Waals surface area contributed by atoms with Gasteiger partial charge < -0.3 is 10.1 Å². The minimum atomic E-state index is -3.91. The first kappa shape index (κ1) is 19.9. The van der Waals surface area contributed by atoms with E-state index < -0.39 is 22.0 Å². The van der Waals surface area contributed by atoms with Crippen LogP contribution in [0, 0.1) is 20.8 Å². The summed E-state index contributed by atoms with van der Waals surface area (Å²) < 4.78 is 32.9. The molecule has 0 heterocycles. The van der Waals surface area contributed by atoms with Crippen molar-refractivity contribution in [1.82, 2.24) is 4.72 Å². The maximum Gasteiger partial charge on any atom is 0.244 e. The second-order valence-electron chi connectivity index (χ2n) is 6.30. The molecule has 26 heavy (non-hydrogen) atoms. The normalized spacial score (nSPS) is 12.5. The summed E-state index contributed by atoms with van der Waals surface area (Å²) in [5.74, 6) is -0.211. The Labute approximate surface area is 154 Å². The van der Waals surface area contributed by atoms with Crippen molar-refractivity contribution in [2.45, 2.75) is 38.6 Å². The van der Waals surface area contributed by atoms with Gasteiger partial charge in [-0.3, -0.25) is 4.79 Å². The lowest BCUT2D eigenvalue weighted by atomic mass is 10.1. The predicted octanol–water partition coefficient (Wildman–Crippen LogP) is 2.93. The van der Waals surface area contributed by atoms with Crippen LogP contribution in [-0.2, 0) is 14.8 Å². The summed E-state index contributed by atoms with van der Waals surface area (Å²) >= 11 is 0. The largest absolute Gasteiger partial charge is 0.495 e. The van der Waals surface area contributed by atoms with Crippen LogP contribution in [0.15, 0.2) is 41.3 Å². The smallest absolute Gasteiger partial charge is 0.244 e. The Morgan fingerprint density at radius 1 is 1.04 bits per heavy atom. The molecule has 0 aliphatic heterocycles. The molecule has 2 aromatic rings. The van der Waals surface area contributed by atoms with Crippen LogP contribution in [0.25, 0.3) is 0 Å². The fourth-order valence-corrected chi connectivity index (χ4v) is 4.00. The molecule has 1 unspecified atom stereocenters. The monoisotopic (exact) mass is 376 g/mol. The highest BCUT2D eigenvalue weighted by atomic mass is 32.2. The number of sulfonamides is 1. The molecule has 0 spiro atoms. The number of hydrogen-bond acceptors (Lipinski definition) is 4. The molecule has 0 aliphatic rings. The van der Waals surface area contributed by atoms with Crippen LogP contribution < -0.4 is 14.8 Å². The SMILES string of the molecule is COc1ccc(C)cc1S(=O)(=O)NC(C)C(=O)Nc1ccc(C)cc1C. The standard InChI is InChI=1S/C19H24N2O4S/c1-12-6-8-16(14(3)10-12)20-19(22)15(4)21-26(23,24)18-11-13(2)7-9-17(18)25-5/h6-11,15,21H,1-5H3,(H,20,22). The molecule has 140 valence electrons. The number of rotatable bonds is 6. The Balaban J connectivity index is 2.18. The minimum Gasteiger partial charge on any atom is -0.495 e. The van der Waals surface area contributed by atoms with Crippen LogP contribution in [0.2, 0.25) is 0 Å². The van der Waals surface area contributed by atoms with Crippen molar-refractivity contribution in [1.29, 1.82) is 0 Å². The van der Waals surface area contributed by atoms with Gasteiger partial charge in [0.25, 0.3) is 0 Å². The molecule has 1 amide bonds. The van der Waals surface area contributed by atoms with Crippen LogP contribution in [0.4, 0.5) is 5.69 Å². The number of nitrogens with one attached hydrogen (secondary N) is 2. The maximum atomic E-state index is 12.7. The lowest BCUT2D eigenvalue weighted by Gasteiger charge is -2.17. The maximum absolute atomic E-state index is 12.7. The number of aryl methyl sites for hydroxylation is 3. The first-order valence-corrected chi connectivity index (χ1v) is 9.67. The molecule has 2 rings (SSSR count). The Kier molecular flexibility index (Phi) is 6.05. The first-order valence-electron chi connectivity index (χ1n) is 8.19. The zero-order valence-electron chi connectivity index (χ0n) is 15.6. The fourth-order valence-electron chi connectivity index (χ4n) is 2.54. The molecule has 6 nitrogen and oxygen atoms in total. The average Bonchev–Trinajstić information content (AvgIpc) is 2.56. The third-order valence-electron chi connectivity index (χ3n) is 3.97. The minimum absolute atomic E-state index is 0.00571. The number of hydrogen-bond donors (Lipinski definition) is 2. The van der Waals surface area contributed by atoms with Gasteiger partial charge in [-0.05, 0) is 57.0 Å². The third kappa shape index (κ3) is 4.62. The van der Waals surface area contributed by atoms with Crippen LogP contribution >= 0.6 is 0 Å². The summed E-state index contributed by atoms with van der Waals surface area (Å²) in [7, 11) is -2.51. The second kappa shape index (κ2) is 7.88. The second-order valence-corrected chi connectivity index (χ2v) is 7.99. The van der Waals surface area contributed by atoms with E-state index in [-0.39, 0.29) is 10.6 Å². The molecule has 0 aliphatic carbocycles. The van der Waals surface area contributed by atoms with Crippen molar-refractivity contribution in [3.8, 4) is 5.75 Å². The Hall–Kier alpha value is -2.38. The lowest BCUT2D eigenvalue weighted by Crippen LogP contribution is -2.41. The van der Waals surface area contributed by atoms with E-state index in [4.69, 9.17) is 4.74 Å². The zero-order valence-corrected chi connectivity index (χ0v) is 16.4. The van der Waals surface area contributed by atoms with E-state index in [2.05, 4.69) is 10.0 Å². The van der Waals surface area contributed by atoms with Gasteiger partial charge in [-0.15, -0.1) is 0 Å². The summed E-state index contributed by atoms with van der Waals surface area (Å²) in [5, 5.41) is 2.75. The molecule has 2 N–H and O–H groups in total. The topological polar surface area (TPSA) is 84.5 Å². The molecular formula is C19H24N2O4S. The van der Waals surface area contributed by atoms with Gasteiger partial charge in [0.1, 0.15) is 10.6 Å². The van der Waals surface area contributed by atoms with Crippen LogP contribution in [0.3, 0.4) is 0 Å². The zero-order chi connectivity index (χ0) is 19.5. The summed E-state index contributed by atoms with van der Waals surface area (Å²) in [6.07, 6.45) is 0. The Morgan fingerprint density at radius 2 is 1.65 bits per heavy atom. The van der Waals surface area contributed by atoms with E-state index in [9.17, 15) is 13.2 Å². The summed E-state index contributed by atoms with van der Waals surface area (Å²) in [4.78, 5) is 12.4. The van der Waals surface area contributed by atoms with Gasteiger partial charge in [0.05, 0.1) is 13.2 Å². The van der Waals surface area contributed by atoms with E-state index in [0.29, 0.717) is 5.69 Å². The van der Waals surface area contributed by atoms with Crippen LogP contribution in [0.1, 0.15) is 23.6 Å². The molecule has 0 aromatic heterocycles. The first-order chi connectivity index (χ1) is 12.1. The molecular weight excluding hydrogens is 352 g/mol. The molecule has 2 aromatic carbocycles. The van der Waals surface area contributed by atoms with Crippen molar-refractivity contribution in [2.24, 2.45) is 0 Å². The average molecular weight is 376 g/mol. The molecule has 0 saturated heterocycles. The molecule has 0 saturated carbocycles. The van der Waals surface area contributed by atoms with Gasteiger partial charge in [-0.25, -0.2) is 8.42 Å². The van der Waals surface area contributed by atoms with Gasteiger partial charge in [0.2, 0.25) is 15.9 Å². The van der Waals surface area contributed by atoms with Crippen molar-refractivity contribution in [3.05, 3.63) is 53.1 Å². The summed E-state index contributed by atoms with van der Waals surface area (Å²) in [6, 6.07) is 9.53. The van der Waals surface area contributed by atoms with E-state index in [1.54, 1.807) is 25.1 Å². The number of benzene rings is 2. The molecule has 0 radical (unpaired) electrons. The lowest BCUT2D eigenvalue weighted by molar-refractivity contribution is -0.117. The number of carbonyl (C=O) groups excluding carboxylic acids is 1.